The van der Waals surface area contributed by atoms with Crippen LogP contribution in [0.25, 0.3) is 10.2 Å². The molecule has 0 saturated heterocycles. The number of aromatic nitrogens is 2. The van der Waals surface area contributed by atoms with Gasteiger partial charge in [-0.15, -0.1) is 11.3 Å². The highest BCUT2D eigenvalue weighted by molar-refractivity contribution is 9.10. The topological polar surface area (TPSA) is 81.3 Å². The van der Waals surface area contributed by atoms with E-state index in [1.54, 1.807) is 19.9 Å². The molecule has 0 atom stereocenters. The number of halogens is 2. The number of rotatable bonds is 4. The van der Waals surface area contributed by atoms with Gasteiger partial charge >= 0.3 is 11.7 Å². The van der Waals surface area contributed by atoms with E-state index in [0.29, 0.717) is 20.3 Å². The predicted octanol–water partition coefficient (Wildman–Crippen LogP) is 2.88. The number of benzene rings is 1. The van der Waals surface area contributed by atoms with E-state index in [9.17, 15) is 18.8 Å². The van der Waals surface area contributed by atoms with Gasteiger partial charge < -0.3 is 5.11 Å². The van der Waals surface area contributed by atoms with E-state index in [-0.39, 0.29) is 12.1 Å². The summed E-state index contributed by atoms with van der Waals surface area (Å²) in [6, 6.07) is 4.33. The molecule has 26 heavy (non-hydrogen) atoms. The minimum atomic E-state index is -1.20. The highest BCUT2D eigenvalue weighted by Crippen LogP contribution is 2.27. The van der Waals surface area contributed by atoms with Gasteiger partial charge in [0, 0.05) is 14.9 Å². The first-order chi connectivity index (χ1) is 12.2. The molecule has 0 amide bonds. The van der Waals surface area contributed by atoms with E-state index >= 15 is 0 Å². The molecule has 1 aromatic carbocycles. The van der Waals surface area contributed by atoms with Crippen LogP contribution in [0.5, 0.6) is 0 Å². The third-order valence-corrected chi connectivity index (χ3v) is 5.89. The molecule has 2 heterocycles. The fourth-order valence-corrected chi connectivity index (χ4v) is 4.21. The molecule has 0 bridgehead atoms. The second kappa shape index (κ2) is 6.81. The number of carboxylic acid groups (broad SMARTS) is 1. The first-order valence-electron chi connectivity index (χ1n) is 7.59. The van der Waals surface area contributed by atoms with Crippen LogP contribution in [0.1, 0.15) is 16.0 Å². The van der Waals surface area contributed by atoms with Gasteiger partial charge in [0.1, 0.15) is 17.2 Å². The van der Waals surface area contributed by atoms with Crippen molar-refractivity contribution in [3.05, 3.63) is 65.3 Å². The van der Waals surface area contributed by atoms with Crippen molar-refractivity contribution in [2.24, 2.45) is 0 Å². The van der Waals surface area contributed by atoms with Gasteiger partial charge in [-0.3, -0.25) is 18.7 Å². The number of fused-ring (bicyclic) bond motifs is 1. The number of nitrogens with zero attached hydrogens (tertiary/aromatic N) is 2. The van der Waals surface area contributed by atoms with Crippen LogP contribution in [0.3, 0.4) is 0 Å². The van der Waals surface area contributed by atoms with Crippen LogP contribution in [0, 0.1) is 19.7 Å². The molecule has 6 nitrogen and oxygen atoms in total. The molecule has 0 radical (unpaired) electrons. The summed E-state index contributed by atoms with van der Waals surface area (Å²) in [6.07, 6.45) is 0. The standard InChI is InChI=1S/C17H14BrFN2O4S/c1-8-9(2)26-16-14(8)15(24)20(17(25)21(16)7-13(22)23)6-10-3-4-11(18)5-12(10)19/h3-5H,6-7H2,1-2H3,(H,22,23). The van der Waals surface area contributed by atoms with Crippen molar-refractivity contribution in [1.29, 1.82) is 0 Å². The van der Waals surface area contributed by atoms with Crippen molar-refractivity contribution in [2.45, 2.75) is 26.9 Å². The van der Waals surface area contributed by atoms with Crippen LogP contribution in [0.15, 0.2) is 32.3 Å². The molecular weight excluding hydrogens is 427 g/mol. The highest BCUT2D eigenvalue weighted by atomic mass is 79.9. The normalized spacial score (nSPS) is 11.2. The zero-order valence-electron chi connectivity index (χ0n) is 13.9. The molecule has 0 aliphatic carbocycles. The summed E-state index contributed by atoms with van der Waals surface area (Å²) in [6.45, 7) is 2.70. The second-order valence-corrected chi connectivity index (χ2v) is 7.97. The van der Waals surface area contributed by atoms with Crippen LogP contribution in [-0.4, -0.2) is 20.2 Å². The SMILES string of the molecule is Cc1sc2c(c1C)c(=O)n(Cc1ccc(Br)cc1F)c(=O)n2CC(=O)O. The monoisotopic (exact) mass is 440 g/mol. The van der Waals surface area contributed by atoms with Gasteiger partial charge in [0.15, 0.2) is 0 Å². The Morgan fingerprint density at radius 3 is 2.58 bits per heavy atom. The fraction of sp³-hybridized carbons (Fsp3) is 0.235. The summed E-state index contributed by atoms with van der Waals surface area (Å²) >= 11 is 4.36. The van der Waals surface area contributed by atoms with E-state index < -0.39 is 29.6 Å². The average Bonchev–Trinajstić information content (AvgIpc) is 2.85. The molecule has 3 rings (SSSR count). The Hall–Kier alpha value is -2.26. The van der Waals surface area contributed by atoms with Crippen molar-refractivity contribution in [3.8, 4) is 0 Å². The minimum Gasteiger partial charge on any atom is -0.480 e. The Balaban J connectivity index is 2.31. The van der Waals surface area contributed by atoms with Crippen molar-refractivity contribution >= 4 is 43.5 Å². The number of thiophene rings is 1. The molecule has 0 fully saturated rings. The van der Waals surface area contributed by atoms with E-state index in [1.165, 1.54) is 23.5 Å². The first kappa shape index (κ1) is 18.5. The van der Waals surface area contributed by atoms with Gasteiger partial charge in [0.05, 0.1) is 11.9 Å². The van der Waals surface area contributed by atoms with Crippen LogP contribution >= 0.6 is 27.3 Å². The lowest BCUT2D eigenvalue weighted by atomic mass is 10.2. The second-order valence-electron chi connectivity index (χ2n) is 5.85. The van der Waals surface area contributed by atoms with Crippen molar-refractivity contribution < 1.29 is 14.3 Å². The van der Waals surface area contributed by atoms with Crippen LogP contribution < -0.4 is 11.2 Å². The van der Waals surface area contributed by atoms with E-state index in [2.05, 4.69) is 15.9 Å². The van der Waals surface area contributed by atoms with Crippen molar-refractivity contribution in [2.75, 3.05) is 0 Å². The molecule has 1 N–H and O–H groups in total. The molecule has 2 aromatic heterocycles. The number of carboxylic acids is 1. The lowest BCUT2D eigenvalue weighted by Gasteiger charge is -2.11. The van der Waals surface area contributed by atoms with Crippen LogP contribution in [-0.2, 0) is 17.9 Å². The molecular formula is C17H14BrFN2O4S. The average molecular weight is 441 g/mol. The number of carbonyl (C=O) groups is 1. The molecule has 136 valence electrons. The number of hydrogen-bond acceptors (Lipinski definition) is 4. The molecule has 3 aromatic rings. The first-order valence-corrected chi connectivity index (χ1v) is 9.20. The van der Waals surface area contributed by atoms with Gasteiger partial charge in [-0.25, -0.2) is 9.18 Å². The Morgan fingerprint density at radius 1 is 1.27 bits per heavy atom. The van der Waals surface area contributed by atoms with E-state index in [0.717, 1.165) is 14.0 Å². The Labute approximate surface area is 159 Å². The number of aliphatic carboxylic acids is 1. The predicted molar refractivity (Wildman–Crippen MR) is 101 cm³/mol. The molecule has 0 saturated carbocycles. The Bertz CT molecular complexity index is 1160. The molecule has 0 spiro atoms. The van der Waals surface area contributed by atoms with Crippen LogP contribution in [0.4, 0.5) is 4.39 Å². The molecule has 9 heteroatoms. The maximum absolute atomic E-state index is 14.2. The molecule has 0 aliphatic rings. The largest absolute Gasteiger partial charge is 0.480 e. The quantitative estimate of drug-likeness (QED) is 0.675. The number of aryl methyl sites for hydroxylation is 2. The van der Waals surface area contributed by atoms with E-state index in [1.807, 2.05) is 0 Å². The third kappa shape index (κ3) is 3.12. The summed E-state index contributed by atoms with van der Waals surface area (Å²) in [4.78, 5) is 38.0. The highest BCUT2D eigenvalue weighted by Gasteiger charge is 2.20. The van der Waals surface area contributed by atoms with Gasteiger partial charge in [-0.2, -0.15) is 0 Å². The van der Waals surface area contributed by atoms with Crippen molar-refractivity contribution in [1.82, 2.24) is 9.13 Å². The van der Waals surface area contributed by atoms with Gasteiger partial charge in [0.2, 0.25) is 0 Å². The zero-order valence-corrected chi connectivity index (χ0v) is 16.3. The van der Waals surface area contributed by atoms with Gasteiger partial charge in [-0.05, 0) is 31.5 Å². The smallest absolute Gasteiger partial charge is 0.332 e. The molecule has 0 aliphatic heterocycles. The Kier molecular flexibility index (Phi) is 4.85. The van der Waals surface area contributed by atoms with Gasteiger partial charge in [0.25, 0.3) is 5.56 Å². The number of hydrogen-bond donors (Lipinski definition) is 1. The lowest BCUT2D eigenvalue weighted by molar-refractivity contribution is -0.137. The summed E-state index contributed by atoms with van der Waals surface area (Å²) < 4.78 is 16.6. The summed E-state index contributed by atoms with van der Waals surface area (Å²) in [7, 11) is 0. The maximum atomic E-state index is 14.2. The lowest BCUT2D eigenvalue weighted by Crippen LogP contribution is -2.41. The fourth-order valence-electron chi connectivity index (χ4n) is 2.74. The minimum absolute atomic E-state index is 0.165. The maximum Gasteiger partial charge on any atom is 0.332 e. The Morgan fingerprint density at radius 2 is 1.96 bits per heavy atom. The van der Waals surface area contributed by atoms with E-state index in [4.69, 9.17) is 5.11 Å². The van der Waals surface area contributed by atoms with Gasteiger partial charge in [-0.1, -0.05) is 22.0 Å². The van der Waals surface area contributed by atoms with Crippen molar-refractivity contribution in [3.63, 3.8) is 0 Å². The summed E-state index contributed by atoms with van der Waals surface area (Å²) in [5.41, 5.74) is -0.457. The summed E-state index contributed by atoms with van der Waals surface area (Å²) in [5, 5.41) is 9.44. The molecule has 0 unspecified atom stereocenters. The zero-order chi connectivity index (χ0) is 19.2. The van der Waals surface area contributed by atoms with Crippen LogP contribution in [0.2, 0.25) is 0 Å². The third-order valence-electron chi connectivity index (χ3n) is 4.17. The summed E-state index contributed by atoms with van der Waals surface area (Å²) in [5.74, 6) is -1.76.